The van der Waals surface area contributed by atoms with Crippen LogP contribution in [0.5, 0.6) is 5.75 Å². The second-order valence-electron chi connectivity index (χ2n) is 4.79. The molecular weight excluding hydrogens is 244 g/mol. The predicted molar refractivity (Wildman–Crippen MR) is 70.6 cm³/mol. The van der Waals surface area contributed by atoms with Gasteiger partial charge in [0.15, 0.2) is 5.78 Å². The molecule has 1 aliphatic carbocycles. The molecule has 1 aromatic rings. The molecule has 0 saturated carbocycles. The monoisotopic (exact) mass is 262 g/mol. The Morgan fingerprint density at radius 3 is 2.89 bits per heavy atom. The van der Waals surface area contributed by atoms with Crippen molar-refractivity contribution >= 4 is 11.8 Å². The van der Waals surface area contributed by atoms with Gasteiger partial charge in [-0.05, 0) is 25.3 Å². The first-order chi connectivity index (χ1) is 9.13. The van der Waals surface area contributed by atoms with Crippen LogP contribution in [0.2, 0.25) is 0 Å². The van der Waals surface area contributed by atoms with Gasteiger partial charge in [-0.3, -0.25) is 9.59 Å². The fourth-order valence-corrected chi connectivity index (χ4v) is 2.41. The summed E-state index contributed by atoms with van der Waals surface area (Å²) in [7, 11) is 0. The van der Waals surface area contributed by atoms with Gasteiger partial charge in [-0.25, -0.2) is 0 Å². The summed E-state index contributed by atoms with van der Waals surface area (Å²) in [6.07, 6.45) is 2.36. The summed E-state index contributed by atoms with van der Waals surface area (Å²) in [5.74, 6) is -0.251. The topological polar surface area (TPSA) is 63.6 Å². The zero-order valence-electron chi connectivity index (χ0n) is 11.0. The lowest BCUT2D eigenvalue weighted by Crippen LogP contribution is -2.16. The Hall–Kier alpha value is -1.84. The van der Waals surface area contributed by atoms with Crippen molar-refractivity contribution < 1.29 is 19.4 Å². The van der Waals surface area contributed by atoms with Crippen LogP contribution in [0.1, 0.15) is 42.1 Å². The molecule has 2 rings (SSSR count). The molecule has 102 valence electrons. The molecule has 4 nitrogen and oxygen atoms in total. The highest BCUT2D eigenvalue weighted by atomic mass is 16.5. The van der Waals surface area contributed by atoms with E-state index in [4.69, 9.17) is 9.84 Å². The first-order valence-corrected chi connectivity index (χ1v) is 6.64. The Balaban J connectivity index is 1.98. The minimum Gasteiger partial charge on any atom is -0.493 e. The smallest absolute Gasteiger partial charge is 0.306 e. The van der Waals surface area contributed by atoms with E-state index in [9.17, 15) is 9.59 Å². The number of hydrogen-bond donors (Lipinski definition) is 1. The van der Waals surface area contributed by atoms with Gasteiger partial charge in [0.05, 0.1) is 12.5 Å². The maximum absolute atomic E-state index is 11.6. The number of carbonyl (C=O) groups is 2. The van der Waals surface area contributed by atoms with Crippen LogP contribution in [0.15, 0.2) is 18.2 Å². The molecule has 0 aromatic heterocycles. The van der Waals surface area contributed by atoms with Gasteiger partial charge in [-0.1, -0.05) is 19.1 Å². The van der Waals surface area contributed by atoms with Crippen LogP contribution in [-0.4, -0.2) is 23.5 Å². The maximum atomic E-state index is 11.6. The van der Waals surface area contributed by atoms with Crippen molar-refractivity contribution in [1.82, 2.24) is 0 Å². The van der Waals surface area contributed by atoms with Crippen LogP contribution in [0.25, 0.3) is 0 Å². The molecule has 0 radical (unpaired) electrons. The number of ether oxygens (including phenoxy) is 1. The Kier molecular flexibility index (Phi) is 4.20. The quantitative estimate of drug-likeness (QED) is 0.856. The van der Waals surface area contributed by atoms with Gasteiger partial charge in [0, 0.05) is 17.5 Å². The van der Waals surface area contributed by atoms with Crippen molar-refractivity contribution in [3.05, 3.63) is 29.3 Å². The van der Waals surface area contributed by atoms with E-state index in [-0.39, 0.29) is 11.7 Å². The van der Waals surface area contributed by atoms with Crippen molar-refractivity contribution in [2.24, 2.45) is 5.92 Å². The standard InChI is InChI=1S/C15H18O4/c1-2-10(15(17)18)8-9-19-14-5-3-4-11-12(14)6-7-13(11)16/h3-5,10H,2,6-9H2,1H3,(H,17,18). The van der Waals surface area contributed by atoms with E-state index in [0.29, 0.717) is 25.9 Å². The highest BCUT2D eigenvalue weighted by molar-refractivity contribution is 6.01. The molecule has 1 N–H and O–H groups in total. The fraction of sp³-hybridized carbons (Fsp3) is 0.467. The summed E-state index contributed by atoms with van der Waals surface area (Å²) in [5, 5.41) is 8.96. The third-order valence-electron chi connectivity index (χ3n) is 3.60. The number of aliphatic carboxylic acids is 1. The summed E-state index contributed by atoms with van der Waals surface area (Å²) in [5.41, 5.74) is 1.72. The number of benzene rings is 1. The molecule has 0 aliphatic heterocycles. The third kappa shape index (κ3) is 2.95. The second-order valence-corrected chi connectivity index (χ2v) is 4.79. The molecule has 1 unspecified atom stereocenters. The lowest BCUT2D eigenvalue weighted by Gasteiger charge is -2.13. The van der Waals surface area contributed by atoms with Gasteiger partial charge in [0.1, 0.15) is 5.75 Å². The van der Waals surface area contributed by atoms with E-state index in [1.807, 2.05) is 25.1 Å². The molecule has 1 aromatic carbocycles. The van der Waals surface area contributed by atoms with Gasteiger partial charge >= 0.3 is 5.97 Å². The number of rotatable bonds is 6. The van der Waals surface area contributed by atoms with Gasteiger partial charge in [-0.15, -0.1) is 0 Å². The van der Waals surface area contributed by atoms with Gasteiger partial charge in [-0.2, -0.15) is 0 Å². The number of fused-ring (bicyclic) bond motifs is 1. The molecule has 0 heterocycles. The number of hydrogen-bond acceptors (Lipinski definition) is 3. The Labute approximate surface area is 112 Å². The first kappa shape index (κ1) is 13.6. The lowest BCUT2D eigenvalue weighted by molar-refractivity contribution is -0.142. The van der Waals surface area contributed by atoms with E-state index in [2.05, 4.69) is 0 Å². The summed E-state index contributed by atoms with van der Waals surface area (Å²) >= 11 is 0. The number of Topliss-reactive ketones (excluding diaryl/α,β-unsaturated/α-hetero) is 1. The average Bonchev–Trinajstić information content (AvgIpc) is 2.77. The van der Waals surface area contributed by atoms with E-state index in [0.717, 1.165) is 23.3 Å². The van der Waals surface area contributed by atoms with E-state index < -0.39 is 5.97 Å². The zero-order chi connectivity index (χ0) is 13.8. The highest BCUT2D eigenvalue weighted by Gasteiger charge is 2.23. The predicted octanol–water partition coefficient (Wildman–Crippen LogP) is 2.70. The molecule has 4 heteroatoms. The molecular formula is C15H18O4. The van der Waals surface area contributed by atoms with Gasteiger partial charge < -0.3 is 9.84 Å². The van der Waals surface area contributed by atoms with E-state index in [1.54, 1.807) is 0 Å². The minimum absolute atomic E-state index is 0.164. The third-order valence-corrected chi connectivity index (χ3v) is 3.60. The largest absolute Gasteiger partial charge is 0.493 e. The van der Waals surface area contributed by atoms with Crippen LogP contribution >= 0.6 is 0 Å². The lowest BCUT2D eigenvalue weighted by atomic mass is 10.0. The molecule has 0 saturated heterocycles. The summed E-state index contributed by atoms with van der Waals surface area (Å²) in [6.45, 7) is 2.23. The van der Waals surface area contributed by atoms with Crippen molar-refractivity contribution in [1.29, 1.82) is 0 Å². The number of ketones is 1. The molecule has 1 aliphatic rings. The summed E-state index contributed by atoms with van der Waals surface area (Å²) in [6, 6.07) is 5.48. The summed E-state index contributed by atoms with van der Waals surface area (Å²) < 4.78 is 5.66. The fourth-order valence-electron chi connectivity index (χ4n) is 2.41. The second kappa shape index (κ2) is 5.87. The van der Waals surface area contributed by atoms with Crippen LogP contribution in [0, 0.1) is 5.92 Å². The van der Waals surface area contributed by atoms with Crippen LogP contribution in [-0.2, 0) is 11.2 Å². The van der Waals surface area contributed by atoms with Crippen molar-refractivity contribution in [2.75, 3.05) is 6.61 Å². The van der Waals surface area contributed by atoms with Crippen LogP contribution < -0.4 is 4.74 Å². The van der Waals surface area contributed by atoms with Gasteiger partial charge in [0.2, 0.25) is 0 Å². The molecule has 0 bridgehead atoms. The maximum Gasteiger partial charge on any atom is 0.306 e. The number of carbonyl (C=O) groups excluding carboxylic acids is 1. The van der Waals surface area contributed by atoms with E-state index in [1.165, 1.54) is 0 Å². The highest BCUT2D eigenvalue weighted by Crippen LogP contribution is 2.30. The number of carboxylic acids is 1. The van der Waals surface area contributed by atoms with Gasteiger partial charge in [0.25, 0.3) is 0 Å². The van der Waals surface area contributed by atoms with Crippen molar-refractivity contribution in [3.63, 3.8) is 0 Å². The molecule has 1 atom stereocenters. The Morgan fingerprint density at radius 1 is 1.42 bits per heavy atom. The van der Waals surface area contributed by atoms with E-state index >= 15 is 0 Å². The van der Waals surface area contributed by atoms with Crippen LogP contribution in [0.4, 0.5) is 0 Å². The molecule has 0 fully saturated rings. The Morgan fingerprint density at radius 2 is 2.21 bits per heavy atom. The first-order valence-electron chi connectivity index (χ1n) is 6.64. The zero-order valence-corrected chi connectivity index (χ0v) is 11.0. The Bertz CT molecular complexity index is 493. The normalized spacial score (nSPS) is 15.1. The average molecular weight is 262 g/mol. The van der Waals surface area contributed by atoms with Crippen molar-refractivity contribution in [3.8, 4) is 5.75 Å². The number of carboxylic acid groups (broad SMARTS) is 1. The molecule has 19 heavy (non-hydrogen) atoms. The molecule has 0 amide bonds. The van der Waals surface area contributed by atoms with Crippen molar-refractivity contribution in [2.45, 2.75) is 32.6 Å². The molecule has 0 spiro atoms. The minimum atomic E-state index is -0.778. The SMILES string of the molecule is CCC(CCOc1cccc2c1CCC2=O)C(=O)O. The van der Waals surface area contributed by atoms with Crippen LogP contribution in [0.3, 0.4) is 0 Å². The summed E-state index contributed by atoms with van der Waals surface area (Å²) in [4.78, 5) is 22.5.